The molecule has 1 aromatic heterocycles. The van der Waals surface area contributed by atoms with Crippen LogP contribution in [0.5, 0.6) is 5.75 Å². The van der Waals surface area contributed by atoms with Crippen molar-refractivity contribution in [2.45, 2.75) is 6.42 Å². The average molecular weight is 293 g/mol. The summed E-state index contributed by atoms with van der Waals surface area (Å²) in [6, 6.07) is 3.36. The highest BCUT2D eigenvalue weighted by molar-refractivity contribution is 7.07. The molecule has 1 aromatic carbocycles. The van der Waals surface area contributed by atoms with Crippen molar-refractivity contribution in [3.63, 3.8) is 0 Å². The maximum Gasteiger partial charge on any atom is 0.273 e. The Morgan fingerprint density at radius 2 is 2.30 bits per heavy atom. The molecule has 0 spiro atoms. The Bertz CT molecular complexity index is 628. The molecule has 2 aromatic rings. The largest absolute Gasteiger partial charge is 0.507 e. The van der Waals surface area contributed by atoms with E-state index >= 15 is 0 Å². The Hall–Kier alpha value is -2.48. The molecule has 0 aliphatic carbocycles. The fourth-order valence-corrected chi connectivity index (χ4v) is 2.18. The number of nitrogens with zero attached hydrogens (tertiary/aromatic N) is 2. The Morgan fingerprint density at radius 1 is 1.50 bits per heavy atom. The van der Waals surface area contributed by atoms with E-state index in [2.05, 4.69) is 10.3 Å². The van der Waals surface area contributed by atoms with Gasteiger partial charge in [0.2, 0.25) is 0 Å². The van der Waals surface area contributed by atoms with E-state index in [0.717, 1.165) is 11.8 Å². The van der Waals surface area contributed by atoms with Gasteiger partial charge in [-0.3, -0.25) is 14.9 Å². The number of aromatic hydroxyl groups is 1. The summed E-state index contributed by atoms with van der Waals surface area (Å²) in [4.78, 5) is 25.8. The van der Waals surface area contributed by atoms with Gasteiger partial charge in [-0.05, 0) is 6.07 Å². The van der Waals surface area contributed by atoms with Crippen LogP contribution in [0.4, 0.5) is 5.69 Å². The molecule has 0 fully saturated rings. The highest BCUT2D eigenvalue weighted by atomic mass is 32.1. The Kier molecular flexibility index (Phi) is 4.26. The van der Waals surface area contributed by atoms with Crippen LogP contribution < -0.4 is 5.32 Å². The summed E-state index contributed by atoms with van der Waals surface area (Å²) in [5, 5.41) is 24.7. The molecule has 0 saturated heterocycles. The molecule has 0 aliphatic heterocycles. The minimum atomic E-state index is -0.635. The number of nitro groups is 1. The maximum atomic E-state index is 11.8. The van der Waals surface area contributed by atoms with Crippen molar-refractivity contribution in [1.29, 1.82) is 0 Å². The molecule has 20 heavy (non-hydrogen) atoms. The number of nitrogens with one attached hydrogen (secondary N) is 1. The quantitative estimate of drug-likeness (QED) is 0.645. The van der Waals surface area contributed by atoms with Crippen LogP contribution in [0.1, 0.15) is 16.1 Å². The van der Waals surface area contributed by atoms with Crippen molar-refractivity contribution in [2.75, 3.05) is 6.54 Å². The van der Waals surface area contributed by atoms with E-state index in [0.29, 0.717) is 13.0 Å². The smallest absolute Gasteiger partial charge is 0.273 e. The number of carbonyl (C=O) groups is 1. The predicted molar refractivity (Wildman–Crippen MR) is 72.9 cm³/mol. The van der Waals surface area contributed by atoms with Gasteiger partial charge in [0.15, 0.2) is 0 Å². The predicted octanol–water partition coefficient (Wildman–Crippen LogP) is 1.73. The van der Waals surface area contributed by atoms with E-state index in [-0.39, 0.29) is 11.3 Å². The third-order valence-electron chi connectivity index (χ3n) is 2.59. The highest BCUT2D eigenvalue weighted by Crippen LogP contribution is 2.23. The molecule has 1 heterocycles. The molecule has 8 heteroatoms. The van der Waals surface area contributed by atoms with Crippen LogP contribution in [0.25, 0.3) is 0 Å². The normalized spacial score (nSPS) is 10.2. The standard InChI is InChI=1S/C12H11N3O4S/c16-11-5-9(15(18)19)1-2-10(11)12(17)13-4-3-8-6-20-7-14-8/h1-2,5-7,16H,3-4H2,(H,13,17). The molecule has 0 saturated carbocycles. The lowest BCUT2D eigenvalue weighted by molar-refractivity contribution is -0.384. The number of nitro benzene ring substituents is 1. The molecule has 2 rings (SSSR count). The van der Waals surface area contributed by atoms with Gasteiger partial charge in [0.05, 0.1) is 27.8 Å². The van der Waals surface area contributed by atoms with Gasteiger partial charge < -0.3 is 10.4 Å². The van der Waals surface area contributed by atoms with Crippen LogP contribution >= 0.6 is 11.3 Å². The van der Waals surface area contributed by atoms with Gasteiger partial charge in [-0.2, -0.15) is 0 Å². The van der Waals surface area contributed by atoms with Crippen molar-refractivity contribution < 1.29 is 14.8 Å². The number of phenolic OH excluding ortho intramolecular Hbond substituents is 1. The van der Waals surface area contributed by atoms with E-state index in [1.54, 1.807) is 5.51 Å². The van der Waals surface area contributed by atoms with Crippen LogP contribution in [-0.4, -0.2) is 27.5 Å². The molecule has 1 amide bonds. The minimum Gasteiger partial charge on any atom is -0.507 e. The first-order valence-corrected chi connectivity index (χ1v) is 6.65. The summed E-state index contributed by atoms with van der Waals surface area (Å²) in [5.74, 6) is -0.891. The van der Waals surface area contributed by atoms with E-state index in [9.17, 15) is 20.0 Å². The van der Waals surface area contributed by atoms with Gasteiger partial charge in [0.25, 0.3) is 11.6 Å². The fraction of sp³-hybridized carbons (Fsp3) is 0.167. The molecule has 0 radical (unpaired) electrons. The number of benzene rings is 1. The van der Waals surface area contributed by atoms with Gasteiger partial charge >= 0.3 is 0 Å². The zero-order valence-electron chi connectivity index (χ0n) is 10.3. The van der Waals surface area contributed by atoms with Gasteiger partial charge in [-0.1, -0.05) is 0 Å². The fourth-order valence-electron chi connectivity index (χ4n) is 1.59. The molecule has 0 aliphatic rings. The van der Waals surface area contributed by atoms with Crippen molar-refractivity contribution in [3.8, 4) is 5.75 Å². The second-order valence-electron chi connectivity index (χ2n) is 3.94. The van der Waals surface area contributed by atoms with E-state index < -0.39 is 16.6 Å². The summed E-state index contributed by atoms with van der Waals surface area (Å²) < 4.78 is 0. The topological polar surface area (TPSA) is 105 Å². The zero-order valence-corrected chi connectivity index (χ0v) is 11.1. The minimum absolute atomic E-state index is 0.00822. The first kappa shape index (κ1) is 13.9. The van der Waals surface area contributed by atoms with E-state index in [4.69, 9.17) is 0 Å². The SMILES string of the molecule is O=C(NCCc1cscn1)c1ccc([N+](=O)[O-])cc1O. The lowest BCUT2D eigenvalue weighted by Gasteiger charge is -2.05. The molecule has 0 atom stereocenters. The van der Waals surface area contributed by atoms with Crippen molar-refractivity contribution in [2.24, 2.45) is 0 Å². The number of hydrogen-bond donors (Lipinski definition) is 2. The first-order valence-electron chi connectivity index (χ1n) is 5.70. The van der Waals surface area contributed by atoms with E-state index in [1.807, 2.05) is 5.38 Å². The molecule has 104 valence electrons. The van der Waals surface area contributed by atoms with E-state index in [1.165, 1.54) is 23.5 Å². The third-order valence-corrected chi connectivity index (χ3v) is 3.22. The third kappa shape index (κ3) is 3.29. The molecule has 0 unspecified atom stereocenters. The van der Waals surface area contributed by atoms with Crippen LogP contribution in [0.15, 0.2) is 29.1 Å². The van der Waals surface area contributed by atoms with Crippen LogP contribution in [-0.2, 0) is 6.42 Å². The van der Waals surface area contributed by atoms with Gasteiger partial charge in [-0.25, -0.2) is 4.98 Å². The number of carbonyl (C=O) groups excluding carboxylic acids is 1. The summed E-state index contributed by atoms with van der Waals surface area (Å²) in [7, 11) is 0. The second kappa shape index (κ2) is 6.11. The van der Waals surface area contributed by atoms with Gasteiger partial charge in [-0.15, -0.1) is 11.3 Å². The van der Waals surface area contributed by atoms with Gasteiger partial charge in [0.1, 0.15) is 5.75 Å². The number of thiazole rings is 1. The van der Waals surface area contributed by atoms with Gasteiger partial charge in [0, 0.05) is 24.4 Å². The number of phenols is 1. The lowest BCUT2D eigenvalue weighted by Crippen LogP contribution is -2.25. The van der Waals surface area contributed by atoms with Crippen molar-refractivity contribution in [3.05, 3.63) is 50.5 Å². The second-order valence-corrected chi connectivity index (χ2v) is 4.66. The average Bonchev–Trinajstić information content (AvgIpc) is 2.91. The van der Waals surface area contributed by atoms with Crippen LogP contribution in [0.3, 0.4) is 0 Å². The number of rotatable bonds is 5. The molecular formula is C12H11N3O4S. The summed E-state index contributed by atoms with van der Waals surface area (Å²) in [6.07, 6.45) is 0.586. The zero-order chi connectivity index (χ0) is 14.5. The Balaban J connectivity index is 1.97. The number of non-ortho nitro benzene ring substituents is 1. The number of amides is 1. The summed E-state index contributed by atoms with van der Waals surface area (Å²) >= 11 is 1.47. The highest BCUT2D eigenvalue weighted by Gasteiger charge is 2.15. The Morgan fingerprint density at radius 3 is 2.90 bits per heavy atom. The maximum absolute atomic E-state index is 11.8. The summed E-state index contributed by atoms with van der Waals surface area (Å²) in [5.41, 5.74) is 2.33. The first-order chi connectivity index (χ1) is 9.58. The monoisotopic (exact) mass is 293 g/mol. The van der Waals surface area contributed by atoms with Crippen LogP contribution in [0, 0.1) is 10.1 Å². The molecule has 7 nitrogen and oxygen atoms in total. The Labute approximate surface area is 118 Å². The molecule has 0 bridgehead atoms. The lowest BCUT2D eigenvalue weighted by atomic mass is 10.1. The molecular weight excluding hydrogens is 282 g/mol. The number of hydrogen-bond acceptors (Lipinski definition) is 6. The number of aromatic nitrogens is 1. The summed E-state index contributed by atoms with van der Waals surface area (Å²) in [6.45, 7) is 0.374. The van der Waals surface area contributed by atoms with Crippen molar-refractivity contribution >= 4 is 22.9 Å². The molecule has 2 N–H and O–H groups in total. The van der Waals surface area contributed by atoms with Crippen LogP contribution in [0.2, 0.25) is 0 Å². The van der Waals surface area contributed by atoms with Crippen molar-refractivity contribution in [1.82, 2.24) is 10.3 Å².